The van der Waals surface area contributed by atoms with Crippen LogP contribution in [0.1, 0.15) is 77.9 Å². The van der Waals surface area contributed by atoms with Crippen LogP contribution in [0.15, 0.2) is 55.6 Å². The number of allylic oxidation sites excluding steroid dienone is 1. The molecule has 3 aliphatic rings. The zero-order chi connectivity index (χ0) is 35.2. The van der Waals surface area contributed by atoms with Gasteiger partial charge in [-0.3, -0.25) is 19.2 Å². The van der Waals surface area contributed by atoms with Crippen LogP contribution in [0, 0.1) is 17.8 Å². The molecule has 2 bridgehead atoms. The molecule has 3 fully saturated rings. The number of benzene rings is 1. The number of aliphatic hydroxyl groups excluding tert-OH is 1. The number of carbonyl (C=O) groups excluding carboxylic acids is 4. The number of ether oxygens (including phenoxy) is 2. The minimum atomic E-state index is -1.30. The van der Waals surface area contributed by atoms with Crippen LogP contribution in [0.5, 0.6) is 0 Å². The van der Waals surface area contributed by atoms with E-state index in [9.17, 15) is 24.3 Å². The van der Waals surface area contributed by atoms with Crippen molar-refractivity contribution >= 4 is 39.6 Å². The summed E-state index contributed by atoms with van der Waals surface area (Å²) in [4.78, 5) is 59.2. The van der Waals surface area contributed by atoms with Crippen molar-refractivity contribution in [3.05, 3.63) is 61.2 Å². The van der Waals surface area contributed by atoms with Crippen LogP contribution in [0.25, 0.3) is 0 Å². The van der Waals surface area contributed by atoms with Crippen molar-refractivity contribution in [2.75, 3.05) is 19.7 Å². The van der Waals surface area contributed by atoms with E-state index in [4.69, 9.17) is 9.47 Å². The van der Waals surface area contributed by atoms with Crippen molar-refractivity contribution in [1.82, 2.24) is 15.1 Å². The highest BCUT2D eigenvalue weighted by Crippen LogP contribution is 2.61. The van der Waals surface area contributed by atoms with E-state index < -0.39 is 53.7 Å². The second kappa shape index (κ2) is 16.6. The Kier molecular flexibility index (Phi) is 13.1. The highest BCUT2D eigenvalue weighted by atomic mass is 79.9. The molecule has 3 heterocycles. The van der Waals surface area contributed by atoms with Gasteiger partial charge in [0.25, 0.3) is 0 Å². The largest absolute Gasteiger partial charge is 0.455 e. The molecule has 0 aromatic heterocycles. The van der Waals surface area contributed by atoms with Gasteiger partial charge in [-0.05, 0) is 37.7 Å². The third-order valence-electron chi connectivity index (χ3n) is 10.0. The average molecular weight is 731 g/mol. The maximum Gasteiger partial charge on any atom is 0.313 e. The highest BCUT2D eigenvalue weighted by Gasteiger charge is 2.77. The minimum Gasteiger partial charge on any atom is -0.455 e. The molecule has 48 heavy (non-hydrogen) atoms. The zero-order valence-electron chi connectivity index (χ0n) is 28.7. The van der Waals surface area contributed by atoms with Gasteiger partial charge in [0, 0.05) is 24.3 Å². The number of rotatable bonds is 18. The van der Waals surface area contributed by atoms with Gasteiger partial charge in [0.05, 0.1) is 36.6 Å². The quantitative estimate of drug-likeness (QED) is 0.0971. The summed E-state index contributed by atoms with van der Waals surface area (Å²) in [6.45, 7) is 15.7. The number of alkyl halides is 1. The van der Waals surface area contributed by atoms with Gasteiger partial charge in [0.2, 0.25) is 17.7 Å². The Balaban J connectivity index is 1.72. The smallest absolute Gasteiger partial charge is 0.313 e. The number of hydrogen-bond donors (Lipinski definition) is 2. The first-order valence-corrected chi connectivity index (χ1v) is 18.2. The van der Waals surface area contributed by atoms with E-state index in [2.05, 4.69) is 41.3 Å². The molecule has 4 rings (SSSR count). The van der Waals surface area contributed by atoms with Crippen LogP contribution in [-0.2, 0) is 28.7 Å². The number of esters is 1. The standard InChI is InChI=1S/C37H52BrN3O7/c1-7-10-15-20-40(19-9-3)35(45)33-37-21-26(38)32(48-37)29(30(37)34(44)41(33)27(22-42)23(4)5)36(46)47-31(25-16-13-12-14-17-25)24(6)39-28(43)18-11-8-2/h8-9,12-14,16-17,23-24,26-27,29-33,42H,2-3,7,10-11,15,18-22H2,1,4-6H3,(H,39,43)/t24-,26?,27+,29+,30-,31-,32+,33+,37-/m1/s1. The second-order valence-corrected chi connectivity index (χ2v) is 14.8. The monoisotopic (exact) mass is 729 g/mol. The molecule has 264 valence electrons. The number of aliphatic hydroxyl groups is 1. The van der Waals surface area contributed by atoms with E-state index in [0.29, 0.717) is 31.5 Å². The van der Waals surface area contributed by atoms with E-state index >= 15 is 0 Å². The van der Waals surface area contributed by atoms with Gasteiger partial charge in [-0.1, -0.05) is 92.0 Å². The Morgan fingerprint density at radius 3 is 2.50 bits per heavy atom. The van der Waals surface area contributed by atoms with Crippen LogP contribution in [0.2, 0.25) is 0 Å². The Bertz CT molecular complexity index is 1330. The SMILES string of the molecule is C=CCCC(=O)N[C@H](C)[C@@H](OC(=O)[C@@H]1[C@H]2O[C@@]3(CC2Br)[C@H](C(=O)N(CC=C)CCCCC)N([C@@H](CO)C(C)C)C(=O)[C@@H]13)c1ccccc1. The summed E-state index contributed by atoms with van der Waals surface area (Å²) in [7, 11) is 0. The Morgan fingerprint density at radius 2 is 1.90 bits per heavy atom. The molecule has 3 amide bonds. The van der Waals surface area contributed by atoms with E-state index in [1.165, 1.54) is 4.90 Å². The molecule has 1 unspecified atom stereocenters. The highest BCUT2D eigenvalue weighted by molar-refractivity contribution is 9.09. The zero-order valence-corrected chi connectivity index (χ0v) is 30.3. The predicted molar refractivity (Wildman–Crippen MR) is 187 cm³/mol. The topological polar surface area (TPSA) is 125 Å². The molecule has 3 saturated heterocycles. The van der Waals surface area contributed by atoms with Crippen LogP contribution < -0.4 is 5.32 Å². The van der Waals surface area contributed by atoms with Crippen molar-refractivity contribution in [3.8, 4) is 0 Å². The summed E-state index contributed by atoms with van der Waals surface area (Å²) in [5.41, 5.74) is -0.605. The fraction of sp³-hybridized carbons (Fsp3) is 0.622. The van der Waals surface area contributed by atoms with Gasteiger partial charge in [0.15, 0.2) is 0 Å². The number of unbranched alkanes of at least 4 members (excludes halogenated alkanes) is 2. The maximum absolute atomic E-state index is 14.6. The summed E-state index contributed by atoms with van der Waals surface area (Å²) < 4.78 is 13.0. The molecule has 11 heteroatoms. The van der Waals surface area contributed by atoms with Gasteiger partial charge in [0.1, 0.15) is 17.7 Å². The molecule has 0 saturated carbocycles. The minimum absolute atomic E-state index is 0.173. The van der Waals surface area contributed by atoms with Crippen molar-refractivity contribution in [3.63, 3.8) is 0 Å². The summed E-state index contributed by atoms with van der Waals surface area (Å²) >= 11 is 3.73. The maximum atomic E-state index is 14.6. The molecule has 0 radical (unpaired) electrons. The van der Waals surface area contributed by atoms with E-state index in [1.54, 1.807) is 24.0 Å². The number of nitrogens with zero attached hydrogens (tertiary/aromatic N) is 2. The number of carbonyl (C=O) groups is 4. The molecule has 1 aromatic rings. The molecule has 10 nitrogen and oxygen atoms in total. The molecule has 9 atom stereocenters. The Hall–Kier alpha value is -3.02. The lowest BCUT2D eigenvalue weighted by atomic mass is 9.70. The average Bonchev–Trinajstić information content (AvgIpc) is 3.65. The van der Waals surface area contributed by atoms with E-state index in [1.807, 2.05) is 44.2 Å². The van der Waals surface area contributed by atoms with Crippen LogP contribution in [-0.4, -0.2) is 93.0 Å². The number of fused-ring (bicyclic) bond motifs is 1. The lowest BCUT2D eigenvalue weighted by Crippen LogP contribution is -2.60. The first kappa shape index (κ1) is 37.8. The van der Waals surface area contributed by atoms with Crippen molar-refractivity contribution in [2.24, 2.45) is 17.8 Å². The normalized spacial score (nSPS) is 27.7. The number of hydrogen-bond acceptors (Lipinski definition) is 7. The second-order valence-electron chi connectivity index (χ2n) is 13.6. The molecule has 3 aliphatic heterocycles. The lowest BCUT2D eigenvalue weighted by molar-refractivity contribution is -0.162. The third kappa shape index (κ3) is 7.43. The number of halogens is 1. The van der Waals surface area contributed by atoms with Gasteiger partial charge < -0.3 is 29.7 Å². The van der Waals surface area contributed by atoms with Crippen molar-refractivity contribution in [1.29, 1.82) is 0 Å². The van der Waals surface area contributed by atoms with Gasteiger partial charge >= 0.3 is 5.97 Å². The number of amides is 3. The summed E-state index contributed by atoms with van der Waals surface area (Å²) in [6, 6.07) is 6.89. The van der Waals surface area contributed by atoms with Gasteiger partial charge in [-0.15, -0.1) is 13.2 Å². The number of nitrogens with one attached hydrogen (secondary N) is 1. The summed E-state index contributed by atoms with van der Waals surface area (Å²) in [5, 5.41) is 13.5. The van der Waals surface area contributed by atoms with Crippen LogP contribution in [0.3, 0.4) is 0 Å². The molecular weight excluding hydrogens is 678 g/mol. The fourth-order valence-electron chi connectivity index (χ4n) is 7.71. The van der Waals surface area contributed by atoms with Gasteiger partial charge in [-0.25, -0.2) is 0 Å². The first-order chi connectivity index (χ1) is 23.0. The van der Waals surface area contributed by atoms with Crippen molar-refractivity contribution in [2.45, 2.75) is 107 Å². The van der Waals surface area contributed by atoms with Crippen LogP contribution in [0.4, 0.5) is 0 Å². The predicted octanol–water partition coefficient (Wildman–Crippen LogP) is 4.71. The van der Waals surface area contributed by atoms with Crippen molar-refractivity contribution < 1.29 is 33.8 Å². The fourth-order valence-corrected chi connectivity index (χ4v) is 8.65. The Morgan fingerprint density at radius 1 is 1.19 bits per heavy atom. The summed E-state index contributed by atoms with van der Waals surface area (Å²) in [5.74, 6) is -3.66. The molecular formula is C37H52BrN3O7. The van der Waals surface area contributed by atoms with Crippen LogP contribution >= 0.6 is 15.9 Å². The molecule has 0 aliphatic carbocycles. The third-order valence-corrected chi connectivity index (χ3v) is 10.9. The lowest BCUT2D eigenvalue weighted by Gasteiger charge is -2.40. The number of likely N-dealkylation sites (tertiary alicyclic amines) is 1. The Labute approximate surface area is 293 Å². The first-order valence-electron chi connectivity index (χ1n) is 17.3. The summed E-state index contributed by atoms with van der Waals surface area (Å²) in [6.07, 6.45) is 5.62. The van der Waals surface area contributed by atoms with E-state index in [-0.39, 0.29) is 41.5 Å². The molecule has 1 aromatic carbocycles. The molecule has 2 N–H and O–H groups in total. The molecule has 1 spiro atoms. The van der Waals surface area contributed by atoms with Gasteiger partial charge in [-0.2, -0.15) is 0 Å². The van der Waals surface area contributed by atoms with E-state index in [0.717, 1.165) is 19.3 Å².